The molecule has 5 aromatic rings. The van der Waals surface area contributed by atoms with Crippen LogP contribution in [0.2, 0.25) is 0 Å². The van der Waals surface area contributed by atoms with Gasteiger partial charge in [-0.25, -0.2) is 4.98 Å². The highest BCUT2D eigenvalue weighted by Crippen LogP contribution is 2.31. The van der Waals surface area contributed by atoms with Crippen LogP contribution in [0.4, 0.5) is 0 Å². The van der Waals surface area contributed by atoms with Gasteiger partial charge in [-0.05, 0) is 72.5 Å². The van der Waals surface area contributed by atoms with Gasteiger partial charge in [-0.3, -0.25) is 0 Å². The lowest BCUT2D eigenvalue weighted by Gasteiger charge is -2.11. The van der Waals surface area contributed by atoms with E-state index in [0.29, 0.717) is 0 Å². The SMILES string of the molecule is CCCCn1c(-c2ccc(Oc3ccc(-c4ccccc4)cc3)cc2)nc2ccc(OCCC)cc21. The normalized spacial score (nSPS) is 11.1. The summed E-state index contributed by atoms with van der Waals surface area (Å²) in [5, 5.41) is 0. The Balaban J connectivity index is 1.37. The Morgan fingerprint density at radius 1 is 0.667 bits per heavy atom. The fourth-order valence-electron chi connectivity index (χ4n) is 4.33. The van der Waals surface area contributed by atoms with Gasteiger partial charge < -0.3 is 14.0 Å². The maximum Gasteiger partial charge on any atom is 0.141 e. The number of aromatic nitrogens is 2. The van der Waals surface area contributed by atoms with E-state index >= 15 is 0 Å². The monoisotopic (exact) mass is 476 g/mol. The number of nitrogens with zero attached hydrogens (tertiary/aromatic N) is 2. The fraction of sp³-hybridized carbons (Fsp3) is 0.219. The first kappa shape index (κ1) is 23.7. The summed E-state index contributed by atoms with van der Waals surface area (Å²) in [5.74, 6) is 3.50. The van der Waals surface area contributed by atoms with Crippen molar-refractivity contribution in [2.75, 3.05) is 6.61 Å². The summed E-state index contributed by atoms with van der Waals surface area (Å²) in [4.78, 5) is 4.98. The van der Waals surface area contributed by atoms with Crippen LogP contribution in [0.15, 0.2) is 97.1 Å². The zero-order valence-corrected chi connectivity index (χ0v) is 21.0. The third kappa shape index (κ3) is 5.28. The number of ether oxygens (including phenoxy) is 2. The van der Waals surface area contributed by atoms with Crippen molar-refractivity contribution in [2.24, 2.45) is 0 Å². The highest BCUT2D eigenvalue weighted by atomic mass is 16.5. The number of imidazole rings is 1. The van der Waals surface area contributed by atoms with Crippen LogP contribution >= 0.6 is 0 Å². The topological polar surface area (TPSA) is 36.3 Å². The van der Waals surface area contributed by atoms with Crippen LogP contribution in [0, 0.1) is 0 Å². The summed E-state index contributed by atoms with van der Waals surface area (Å²) in [6.45, 7) is 5.98. The van der Waals surface area contributed by atoms with Crippen molar-refractivity contribution in [3.8, 4) is 39.8 Å². The summed E-state index contributed by atoms with van der Waals surface area (Å²) < 4.78 is 14.3. The number of hydrogen-bond donors (Lipinski definition) is 0. The highest BCUT2D eigenvalue weighted by molar-refractivity contribution is 5.82. The molecule has 0 atom stereocenters. The van der Waals surface area contributed by atoms with E-state index in [9.17, 15) is 0 Å². The molecule has 0 fully saturated rings. The molecule has 0 unspecified atom stereocenters. The lowest BCUT2D eigenvalue weighted by atomic mass is 10.1. The fourth-order valence-corrected chi connectivity index (χ4v) is 4.33. The summed E-state index contributed by atoms with van der Waals surface area (Å²) in [6, 6.07) is 33.0. The molecular formula is C32H32N2O2. The second-order valence-corrected chi connectivity index (χ2v) is 8.96. The standard InChI is InChI=1S/C32H32N2O2/c1-3-5-21-34-31-23-29(35-22-4-2)19-20-30(31)33-32(34)26-13-17-28(18-14-26)36-27-15-11-25(12-16-27)24-9-7-6-8-10-24/h6-20,23H,3-5,21-22H2,1-2H3. The summed E-state index contributed by atoms with van der Waals surface area (Å²) in [6.07, 6.45) is 3.21. The van der Waals surface area contributed by atoms with Crippen LogP contribution in [0.1, 0.15) is 33.1 Å². The first-order valence-corrected chi connectivity index (χ1v) is 12.8. The van der Waals surface area contributed by atoms with Crippen molar-refractivity contribution < 1.29 is 9.47 Å². The minimum Gasteiger partial charge on any atom is -0.494 e. The van der Waals surface area contributed by atoms with E-state index in [-0.39, 0.29) is 0 Å². The Kier molecular flexibility index (Phi) is 7.32. The van der Waals surface area contributed by atoms with E-state index in [2.05, 4.69) is 79.1 Å². The summed E-state index contributed by atoms with van der Waals surface area (Å²) in [7, 11) is 0. The van der Waals surface area contributed by atoms with E-state index in [0.717, 1.165) is 72.1 Å². The van der Waals surface area contributed by atoms with Crippen molar-refractivity contribution in [3.63, 3.8) is 0 Å². The largest absolute Gasteiger partial charge is 0.494 e. The quantitative estimate of drug-likeness (QED) is 0.202. The van der Waals surface area contributed by atoms with Gasteiger partial charge >= 0.3 is 0 Å². The molecule has 5 rings (SSSR count). The van der Waals surface area contributed by atoms with Gasteiger partial charge in [0.2, 0.25) is 0 Å². The molecular weight excluding hydrogens is 444 g/mol. The van der Waals surface area contributed by atoms with Gasteiger partial charge in [0, 0.05) is 18.2 Å². The molecule has 1 aromatic heterocycles. The number of unbranched alkanes of at least 4 members (excludes halogenated alkanes) is 1. The number of benzene rings is 4. The van der Waals surface area contributed by atoms with E-state index < -0.39 is 0 Å². The Bertz CT molecular complexity index is 1410. The maximum atomic E-state index is 6.12. The molecule has 0 amide bonds. The average molecular weight is 477 g/mol. The van der Waals surface area contributed by atoms with Crippen molar-refractivity contribution in [2.45, 2.75) is 39.7 Å². The van der Waals surface area contributed by atoms with Gasteiger partial charge in [0.05, 0.1) is 17.6 Å². The van der Waals surface area contributed by atoms with E-state index in [1.807, 2.05) is 36.4 Å². The second-order valence-electron chi connectivity index (χ2n) is 8.96. The molecule has 0 N–H and O–H groups in total. The maximum absolute atomic E-state index is 6.12. The third-order valence-electron chi connectivity index (χ3n) is 6.24. The Hall–Kier alpha value is -4.05. The van der Waals surface area contributed by atoms with Gasteiger partial charge in [0.25, 0.3) is 0 Å². The Morgan fingerprint density at radius 2 is 1.31 bits per heavy atom. The van der Waals surface area contributed by atoms with Gasteiger partial charge in [0.15, 0.2) is 0 Å². The van der Waals surface area contributed by atoms with Crippen LogP contribution in [0.25, 0.3) is 33.5 Å². The van der Waals surface area contributed by atoms with Crippen molar-refractivity contribution in [3.05, 3.63) is 97.1 Å². The minimum absolute atomic E-state index is 0.720. The predicted octanol–water partition coefficient (Wildman–Crippen LogP) is 8.75. The molecule has 0 aliphatic rings. The van der Waals surface area contributed by atoms with Crippen LogP contribution in [0.5, 0.6) is 17.2 Å². The van der Waals surface area contributed by atoms with E-state index in [4.69, 9.17) is 14.5 Å². The van der Waals surface area contributed by atoms with Crippen molar-refractivity contribution >= 4 is 11.0 Å². The Labute approximate surface area is 213 Å². The molecule has 182 valence electrons. The predicted molar refractivity (Wildman–Crippen MR) is 148 cm³/mol. The van der Waals surface area contributed by atoms with Gasteiger partial charge in [0.1, 0.15) is 23.1 Å². The summed E-state index contributed by atoms with van der Waals surface area (Å²) >= 11 is 0. The first-order valence-electron chi connectivity index (χ1n) is 12.8. The number of fused-ring (bicyclic) bond motifs is 1. The van der Waals surface area contributed by atoms with Crippen molar-refractivity contribution in [1.82, 2.24) is 9.55 Å². The van der Waals surface area contributed by atoms with Crippen LogP contribution in [-0.4, -0.2) is 16.2 Å². The summed E-state index contributed by atoms with van der Waals surface area (Å²) in [5.41, 5.74) is 5.55. The lowest BCUT2D eigenvalue weighted by molar-refractivity contribution is 0.318. The molecule has 4 nitrogen and oxygen atoms in total. The molecule has 4 heteroatoms. The van der Waals surface area contributed by atoms with Crippen LogP contribution < -0.4 is 9.47 Å². The number of hydrogen-bond acceptors (Lipinski definition) is 3. The highest BCUT2D eigenvalue weighted by Gasteiger charge is 2.14. The molecule has 0 radical (unpaired) electrons. The molecule has 36 heavy (non-hydrogen) atoms. The lowest BCUT2D eigenvalue weighted by Crippen LogP contribution is -2.01. The van der Waals surface area contributed by atoms with Crippen molar-refractivity contribution in [1.29, 1.82) is 0 Å². The number of aryl methyl sites for hydroxylation is 1. The third-order valence-corrected chi connectivity index (χ3v) is 6.24. The second kappa shape index (κ2) is 11.1. The molecule has 4 aromatic carbocycles. The van der Waals surface area contributed by atoms with E-state index in [1.54, 1.807) is 0 Å². The van der Waals surface area contributed by atoms with Crippen LogP contribution in [0.3, 0.4) is 0 Å². The molecule has 0 saturated carbocycles. The van der Waals surface area contributed by atoms with Crippen LogP contribution in [-0.2, 0) is 6.54 Å². The van der Waals surface area contributed by atoms with Gasteiger partial charge in [-0.1, -0.05) is 62.7 Å². The Morgan fingerprint density at radius 3 is 1.97 bits per heavy atom. The van der Waals surface area contributed by atoms with E-state index in [1.165, 1.54) is 11.1 Å². The average Bonchev–Trinajstić information content (AvgIpc) is 3.29. The minimum atomic E-state index is 0.720. The first-order chi connectivity index (χ1) is 17.7. The van der Waals surface area contributed by atoms with Gasteiger partial charge in [-0.2, -0.15) is 0 Å². The number of rotatable bonds is 10. The molecule has 0 aliphatic heterocycles. The zero-order valence-electron chi connectivity index (χ0n) is 21.0. The molecule has 0 saturated heterocycles. The smallest absolute Gasteiger partial charge is 0.141 e. The molecule has 0 aliphatic carbocycles. The molecule has 0 bridgehead atoms. The zero-order chi connectivity index (χ0) is 24.7. The van der Waals surface area contributed by atoms with Gasteiger partial charge in [-0.15, -0.1) is 0 Å². The molecule has 1 heterocycles. The molecule has 0 spiro atoms.